The van der Waals surface area contributed by atoms with Crippen LogP contribution in [0.5, 0.6) is 0 Å². The number of imide groups is 1. The predicted molar refractivity (Wildman–Crippen MR) is 117 cm³/mol. The van der Waals surface area contributed by atoms with Crippen LogP contribution in [0.1, 0.15) is 73.3 Å². The van der Waals surface area contributed by atoms with Crippen molar-refractivity contribution in [3.8, 4) is 0 Å². The molecule has 1 aliphatic heterocycles. The van der Waals surface area contributed by atoms with Crippen LogP contribution in [0.2, 0.25) is 5.02 Å². The molecule has 4 rings (SSSR count). The minimum absolute atomic E-state index is 0.106. The molecule has 0 spiro atoms. The fraction of sp³-hybridized carbons (Fsp3) is 0.500. The Balaban J connectivity index is 1.50. The van der Waals surface area contributed by atoms with Crippen molar-refractivity contribution in [3.63, 3.8) is 0 Å². The lowest BCUT2D eigenvalue weighted by atomic mass is 9.99. The van der Waals surface area contributed by atoms with Gasteiger partial charge in [0.15, 0.2) is 0 Å². The van der Waals surface area contributed by atoms with Crippen molar-refractivity contribution >= 4 is 35.8 Å². The Hall–Kier alpha value is -2.94. The van der Waals surface area contributed by atoms with Crippen molar-refractivity contribution in [2.75, 3.05) is 5.32 Å². The number of amides is 3. The zero-order valence-corrected chi connectivity index (χ0v) is 18.9. The van der Waals surface area contributed by atoms with Crippen molar-refractivity contribution in [2.24, 2.45) is 0 Å². The van der Waals surface area contributed by atoms with Gasteiger partial charge in [-0.15, -0.1) is 5.10 Å². The third-order valence-electron chi connectivity index (χ3n) is 6.14. The lowest BCUT2D eigenvalue weighted by molar-refractivity contribution is -0.125. The van der Waals surface area contributed by atoms with Crippen LogP contribution in [0.15, 0.2) is 16.5 Å². The fourth-order valence-corrected chi connectivity index (χ4v) is 4.36. The molecule has 10 heteroatoms. The van der Waals surface area contributed by atoms with E-state index >= 15 is 0 Å². The smallest absolute Gasteiger partial charge is 0.316 e. The Morgan fingerprint density at radius 3 is 2.84 bits per heavy atom. The van der Waals surface area contributed by atoms with Crippen LogP contribution in [0.25, 0.3) is 0 Å². The minimum Gasteiger partial charge on any atom is -0.408 e. The van der Waals surface area contributed by atoms with Gasteiger partial charge in [-0.3, -0.25) is 19.7 Å². The number of nitrogens with one attached hydrogen (secondary N) is 2. The van der Waals surface area contributed by atoms with Gasteiger partial charge in [0, 0.05) is 41.6 Å². The Labute approximate surface area is 190 Å². The number of hydrogen-bond donors (Lipinski definition) is 2. The molecule has 1 unspecified atom stereocenters. The van der Waals surface area contributed by atoms with Crippen LogP contribution in [0, 0.1) is 0 Å². The fourth-order valence-electron chi connectivity index (χ4n) is 4.09. The highest BCUT2D eigenvalue weighted by molar-refractivity contribution is 6.32. The van der Waals surface area contributed by atoms with Gasteiger partial charge in [-0.1, -0.05) is 23.6 Å². The van der Waals surface area contributed by atoms with E-state index in [-0.39, 0.29) is 29.8 Å². The summed E-state index contributed by atoms with van der Waals surface area (Å²) in [4.78, 5) is 36.8. The predicted octanol–water partition coefficient (Wildman–Crippen LogP) is 3.17. The molecular formula is C22H26ClN5O4. The Morgan fingerprint density at radius 1 is 1.38 bits per heavy atom. The average molecular weight is 460 g/mol. The quantitative estimate of drug-likeness (QED) is 0.524. The molecule has 2 N–H and O–H groups in total. The highest BCUT2D eigenvalue weighted by Crippen LogP contribution is 2.50. The van der Waals surface area contributed by atoms with E-state index in [2.05, 4.69) is 20.8 Å². The number of anilines is 1. The van der Waals surface area contributed by atoms with E-state index in [1.54, 1.807) is 4.90 Å². The van der Waals surface area contributed by atoms with Crippen molar-refractivity contribution in [2.45, 2.75) is 70.5 Å². The standard InChI is InChI=1S/C22H26ClN5O4/c1-3-4-19-26-27-21(32-19)25-22(7-8-22)14-9-15-16(17(23)10-14)11-28(20(15)31)13(2)5-6-18(30)24-12-29/h9-10,12-13H,3-8,11H2,1-2H3,(H,25,27)(H,24,29,30). The summed E-state index contributed by atoms with van der Waals surface area (Å²) in [7, 11) is 0. The lowest BCUT2D eigenvalue weighted by Crippen LogP contribution is -2.34. The summed E-state index contributed by atoms with van der Waals surface area (Å²) >= 11 is 6.60. The van der Waals surface area contributed by atoms with Crippen molar-refractivity contribution in [3.05, 3.63) is 39.7 Å². The first-order valence-corrected chi connectivity index (χ1v) is 11.2. The highest BCUT2D eigenvalue weighted by Gasteiger charge is 2.47. The van der Waals surface area contributed by atoms with Crippen molar-refractivity contribution in [1.82, 2.24) is 20.4 Å². The number of benzene rings is 1. The van der Waals surface area contributed by atoms with Crippen LogP contribution >= 0.6 is 11.6 Å². The Kier molecular flexibility index (Phi) is 6.19. The van der Waals surface area contributed by atoms with E-state index in [4.69, 9.17) is 16.0 Å². The maximum Gasteiger partial charge on any atom is 0.316 e. The molecule has 170 valence electrons. The monoisotopic (exact) mass is 459 g/mol. The number of carbonyl (C=O) groups excluding carboxylic acids is 3. The van der Waals surface area contributed by atoms with E-state index in [0.717, 1.165) is 36.8 Å². The summed E-state index contributed by atoms with van der Waals surface area (Å²) < 4.78 is 5.68. The molecule has 1 aromatic carbocycles. The van der Waals surface area contributed by atoms with E-state index in [1.807, 2.05) is 26.0 Å². The number of aromatic nitrogens is 2. The summed E-state index contributed by atoms with van der Waals surface area (Å²) in [5.41, 5.74) is 1.93. The number of fused-ring (bicyclic) bond motifs is 1. The van der Waals surface area contributed by atoms with E-state index in [0.29, 0.717) is 41.9 Å². The third-order valence-corrected chi connectivity index (χ3v) is 6.47. The molecule has 0 radical (unpaired) electrons. The summed E-state index contributed by atoms with van der Waals surface area (Å²) in [5, 5.41) is 14.1. The molecule has 1 saturated carbocycles. The molecule has 0 saturated heterocycles. The van der Waals surface area contributed by atoms with Crippen LogP contribution in [-0.2, 0) is 28.1 Å². The zero-order valence-electron chi connectivity index (χ0n) is 18.1. The van der Waals surface area contributed by atoms with E-state index in [1.165, 1.54) is 0 Å². The second-order valence-electron chi connectivity index (χ2n) is 8.45. The minimum atomic E-state index is -0.374. The topological polar surface area (TPSA) is 117 Å². The van der Waals surface area contributed by atoms with Gasteiger partial charge in [0.25, 0.3) is 5.91 Å². The van der Waals surface area contributed by atoms with Crippen LogP contribution < -0.4 is 10.6 Å². The molecule has 1 aromatic heterocycles. The number of carbonyl (C=O) groups is 3. The van der Waals surface area contributed by atoms with Crippen LogP contribution in [-0.4, -0.2) is 39.4 Å². The number of hydrogen-bond acceptors (Lipinski definition) is 7. The van der Waals surface area contributed by atoms with Gasteiger partial charge in [-0.2, -0.15) is 0 Å². The number of nitrogens with zero attached hydrogens (tertiary/aromatic N) is 3. The van der Waals surface area contributed by atoms with E-state index in [9.17, 15) is 14.4 Å². The first-order valence-electron chi connectivity index (χ1n) is 10.8. The van der Waals surface area contributed by atoms with Gasteiger partial charge in [-0.25, -0.2) is 0 Å². The van der Waals surface area contributed by atoms with Gasteiger partial charge in [0.2, 0.25) is 18.2 Å². The van der Waals surface area contributed by atoms with Gasteiger partial charge >= 0.3 is 6.01 Å². The van der Waals surface area contributed by atoms with Crippen molar-refractivity contribution < 1.29 is 18.8 Å². The van der Waals surface area contributed by atoms with Crippen LogP contribution in [0.4, 0.5) is 6.01 Å². The molecule has 32 heavy (non-hydrogen) atoms. The maximum absolute atomic E-state index is 13.1. The summed E-state index contributed by atoms with van der Waals surface area (Å²) in [6, 6.07) is 4.01. The molecule has 2 heterocycles. The van der Waals surface area contributed by atoms with Crippen LogP contribution in [0.3, 0.4) is 0 Å². The van der Waals surface area contributed by atoms with Gasteiger partial charge in [-0.05, 0) is 50.3 Å². The lowest BCUT2D eigenvalue weighted by Gasteiger charge is -2.24. The van der Waals surface area contributed by atoms with Gasteiger partial charge < -0.3 is 14.6 Å². The average Bonchev–Trinajstić information content (AvgIpc) is 3.28. The molecule has 2 aliphatic rings. The first-order chi connectivity index (χ1) is 15.4. The second kappa shape index (κ2) is 8.90. The van der Waals surface area contributed by atoms with Crippen molar-refractivity contribution in [1.29, 1.82) is 0 Å². The molecule has 0 bridgehead atoms. The SMILES string of the molecule is CCCc1nnc(NC2(c3cc(Cl)c4c(c3)C(=O)N(C(C)CCC(=O)NC=O)C4)CC2)o1. The molecule has 3 amide bonds. The molecular weight excluding hydrogens is 434 g/mol. The van der Waals surface area contributed by atoms with Gasteiger partial charge in [0.1, 0.15) is 0 Å². The molecule has 9 nitrogen and oxygen atoms in total. The zero-order chi connectivity index (χ0) is 22.9. The summed E-state index contributed by atoms with van der Waals surface area (Å²) in [6.45, 7) is 4.34. The molecule has 1 fully saturated rings. The number of rotatable bonds is 10. The summed E-state index contributed by atoms with van der Waals surface area (Å²) in [5.74, 6) is 0.131. The molecule has 2 aromatic rings. The second-order valence-corrected chi connectivity index (χ2v) is 8.86. The Morgan fingerprint density at radius 2 is 2.16 bits per heavy atom. The molecule has 1 atom stereocenters. The third kappa shape index (κ3) is 4.34. The van der Waals surface area contributed by atoms with Gasteiger partial charge in [0.05, 0.1) is 5.54 Å². The number of aryl methyl sites for hydroxylation is 1. The largest absolute Gasteiger partial charge is 0.408 e. The van der Waals surface area contributed by atoms with E-state index < -0.39 is 0 Å². The maximum atomic E-state index is 13.1. The first kappa shape index (κ1) is 22.3. The molecule has 1 aliphatic carbocycles. The number of halogens is 1. The Bertz CT molecular complexity index is 1050. The normalized spacial score (nSPS) is 17.1. The highest BCUT2D eigenvalue weighted by atomic mass is 35.5. The summed E-state index contributed by atoms with van der Waals surface area (Å²) in [6.07, 6.45) is 4.37.